The number of carbonyl (C=O) groups excluding carboxylic acids is 1. The van der Waals surface area contributed by atoms with Crippen molar-refractivity contribution >= 4 is 29.0 Å². The van der Waals surface area contributed by atoms with E-state index in [-0.39, 0.29) is 5.91 Å². The Labute approximate surface area is 123 Å². The van der Waals surface area contributed by atoms with Crippen molar-refractivity contribution in [3.8, 4) is 0 Å². The molecule has 1 heterocycles. The number of nitrogens with two attached hydrogens (primary N) is 1. The van der Waals surface area contributed by atoms with Crippen LogP contribution in [0.1, 0.15) is 11.3 Å². The highest BCUT2D eigenvalue weighted by Crippen LogP contribution is 2.13. The number of ether oxygens (including phenoxy) is 1. The van der Waals surface area contributed by atoms with E-state index >= 15 is 0 Å². The van der Waals surface area contributed by atoms with Crippen molar-refractivity contribution in [3.05, 3.63) is 22.4 Å². The molecular formula is C13H22N2O2S2. The van der Waals surface area contributed by atoms with Crippen LogP contribution in [-0.2, 0) is 16.1 Å². The van der Waals surface area contributed by atoms with Crippen LogP contribution in [0.2, 0.25) is 0 Å². The van der Waals surface area contributed by atoms with Gasteiger partial charge < -0.3 is 15.4 Å². The number of thiophene rings is 1. The first-order valence-corrected chi connectivity index (χ1v) is 8.51. The molecule has 0 bridgehead atoms. The van der Waals surface area contributed by atoms with E-state index in [1.165, 1.54) is 4.88 Å². The van der Waals surface area contributed by atoms with E-state index in [9.17, 15) is 4.79 Å². The van der Waals surface area contributed by atoms with Crippen molar-refractivity contribution in [3.63, 3.8) is 0 Å². The third-order valence-electron chi connectivity index (χ3n) is 2.75. The van der Waals surface area contributed by atoms with E-state index in [0.29, 0.717) is 26.1 Å². The predicted octanol–water partition coefficient (Wildman–Crippen LogP) is 1.80. The Balaban J connectivity index is 2.58. The van der Waals surface area contributed by atoms with Crippen LogP contribution in [0, 0.1) is 0 Å². The lowest BCUT2D eigenvalue weighted by atomic mass is 10.2. The summed E-state index contributed by atoms with van der Waals surface area (Å²) < 4.78 is 5.07. The first-order valence-electron chi connectivity index (χ1n) is 6.23. The van der Waals surface area contributed by atoms with Crippen LogP contribution in [-0.4, -0.2) is 49.1 Å². The fraction of sp³-hybridized carbons (Fsp3) is 0.615. The van der Waals surface area contributed by atoms with Crippen molar-refractivity contribution in [1.29, 1.82) is 0 Å². The SMILES string of the molecule is COCCN(Cc1cccs1)C(=O)[C@H](N)CCSC. The van der Waals surface area contributed by atoms with E-state index in [2.05, 4.69) is 0 Å². The van der Waals surface area contributed by atoms with Crippen LogP contribution in [0.5, 0.6) is 0 Å². The van der Waals surface area contributed by atoms with Gasteiger partial charge in [0.05, 0.1) is 19.2 Å². The lowest BCUT2D eigenvalue weighted by Crippen LogP contribution is -2.44. The average molecular weight is 302 g/mol. The molecular weight excluding hydrogens is 280 g/mol. The van der Waals surface area contributed by atoms with E-state index < -0.39 is 6.04 Å². The molecule has 0 saturated heterocycles. The summed E-state index contributed by atoms with van der Waals surface area (Å²) in [5.74, 6) is 0.920. The highest BCUT2D eigenvalue weighted by molar-refractivity contribution is 7.98. The van der Waals surface area contributed by atoms with Gasteiger partial charge in [0.2, 0.25) is 5.91 Å². The minimum absolute atomic E-state index is 0.0134. The Bertz CT molecular complexity index is 358. The molecule has 1 aromatic heterocycles. The molecule has 108 valence electrons. The maximum atomic E-state index is 12.3. The average Bonchev–Trinajstić information content (AvgIpc) is 2.92. The van der Waals surface area contributed by atoms with Crippen LogP contribution in [0.15, 0.2) is 17.5 Å². The van der Waals surface area contributed by atoms with Gasteiger partial charge in [0.15, 0.2) is 0 Å². The van der Waals surface area contributed by atoms with Crippen molar-refractivity contribution in [1.82, 2.24) is 4.90 Å². The molecule has 0 fully saturated rings. The standard InChI is InChI=1S/C13H22N2O2S2/c1-17-7-6-15(10-11-4-3-8-19-11)13(16)12(14)5-9-18-2/h3-4,8,12H,5-7,9-10,14H2,1-2H3/t12-/m1/s1. The molecule has 6 heteroatoms. The molecule has 0 saturated carbocycles. The molecule has 0 aliphatic heterocycles. The molecule has 2 N–H and O–H groups in total. The van der Waals surface area contributed by atoms with Gasteiger partial charge in [-0.05, 0) is 29.9 Å². The van der Waals surface area contributed by atoms with Gasteiger partial charge >= 0.3 is 0 Å². The molecule has 1 aromatic rings. The summed E-state index contributed by atoms with van der Waals surface area (Å²) in [4.78, 5) is 15.3. The van der Waals surface area contributed by atoms with Crippen molar-refractivity contribution < 1.29 is 9.53 Å². The monoisotopic (exact) mass is 302 g/mol. The van der Waals surface area contributed by atoms with E-state index in [1.54, 1.807) is 35.1 Å². The second kappa shape index (κ2) is 9.36. The number of amides is 1. The Kier molecular flexibility index (Phi) is 8.13. The maximum absolute atomic E-state index is 12.3. The van der Waals surface area contributed by atoms with Crippen LogP contribution in [0.3, 0.4) is 0 Å². The minimum Gasteiger partial charge on any atom is -0.383 e. The number of thioether (sulfide) groups is 1. The molecule has 0 spiro atoms. The topological polar surface area (TPSA) is 55.6 Å². The largest absolute Gasteiger partial charge is 0.383 e. The van der Waals surface area contributed by atoms with Gasteiger partial charge in [0, 0.05) is 18.5 Å². The highest BCUT2D eigenvalue weighted by Gasteiger charge is 2.20. The summed E-state index contributed by atoms with van der Waals surface area (Å²) in [5, 5.41) is 2.02. The Morgan fingerprint density at radius 2 is 2.42 bits per heavy atom. The molecule has 0 unspecified atom stereocenters. The molecule has 0 radical (unpaired) electrons. The molecule has 1 amide bonds. The highest BCUT2D eigenvalue weighted by atomic mass is 32.2. The summed E-state index contributed by atoms with van der Waals surface area (Å²) in [6.45, 7) is 1.74. The number of nitrogens with zero attached hydrogens (tertiary/aromatic N) is 1. The van der Waals surface area contributed by atoms with Crippen LogP contribution in [0.25, 0.3) is 0 Å². The molecule has 19 heavy (non-hydrogen) atoms. The lowest BCUT2D eigenvalue weighted by Gasteiger charge is -2.25. The Hall–Kier alpha value is -0.560. The summed E-state index contributed by atoms with van der Waals surface area (Å²) in [6.07, 6.45) is 2.74. The molecule has 0 aromatic carbocycles. The third kappa shape index (κ3) is 5.95. The zero-order chi connectivity index (χ0) is 14.1. The van der Waals surface area contributed by atoms with Crippen molar-refractivity contribution in [2.24, 2.45) is 5.73 Å². The summed E-state index contributed by atoms with van der Waals surface area (Å²) >= 11 is 3.36. The summed E-state index contributed by atoms with van der Waals surface area (Å²) in [5.41, 5.74) is 5.96. The molecule has 4 nitrogen and oxygen atoms in total. The van der Waals surface area contributed by atoms with Crippen LogP contribution < -0.4 is 5.73 Å². The van der Waals surface area contributed by atoms with E-state index in [4.69, 9.17) is 10.5 Å². The zero-order valence-corrected chi connectivity index (χ0v) is 13.1. The number of hydrogen-bond donors (Lipinski definition) is 1. The van der Waals surface area contributed by atoms with Crippen LogP contribution >= 0.6 is 23.1 Å². The minimum atomic E-state index is -0.413. The molecule has 1 rings (SSSR count). The molecule has 0 aliphatic rings. The fourth-order valence-electron chi connectivity index (χ4n) is 1.66. The van der Waals surface area contributed by atoms with Gasteiger partial charge in [-0.2, -0.15) is 11.8 Å². The number of carbonyl (C=O) groups is 1. The smallest absolute Gasteiger partial charge is 0.239 e. The third-order valence-corrected chi connectivity index (χ3v) is 4.26. The van der Waals surface area contributed by atoms with E-state index in [0.717, 1.165) is 5.75 Å². The first-order chi connectivity index (χ1) is 9.19. The van der Waals surface area contributed by atoms with Crippen molar-refractivity contribution in [2.75, 3.05) is 32.3 Å². The Morgan fingerprint density at radius 3 is 3.00 bits per heavy atom. The van der Waals surface area contributed by atoms with Gasteiger partial charge in [-0.3, -0.25) is 4.79 Å². The van der Waals surface area contributed by atoms with Crippen LogP contribution in [0.4, 0.5) is 0 Å². The van der Waals surface area contributed by atoms with Gasteiger partial charge in [-0.15, -0.1) is 11.3 Å². The molecule has 0 aliphatic carbocycles. The number of rotatable bonds is 9. The maximum Gasteiger partial charge on any atom is 0.239 e. The normalized spacial score (nSPS) is 12.4. The van der Waals surface area contributed by atoms with Gasteiger partial charge in [0.1, 0.15) is 0 Å². The van der Waals surface area contributed by atoms with Gasteiger partial charge in [-0.1, -0.05) is 6.07 Å². The predicted molar refractivity (Wildman–Crippen MR) is 82.6 cm³/mol. The van der Waals surface area contributed by atoms with Gasteiger partial charge in [-0.25, -0.2) is 0 Å². The zero-order valence-electron chi connectivity index (χ0n) is 11.5. The van der Waals surface area contributed by atoms with Gasteiger partial charge in [0.25, 0.3) is 0 Å². The second-order valence-corrected chi connectivity index (χ2v) is 6.24. The van der Waals surface area contributed by atoms with E-state index in [1.807, 2.05) is 23.8 Å². The number of hydrogen-bond acceptors (Lipinski definition) is 5. The summed E-state index contributed by atoms with van der Waals surface area (Å²) in [7, 11) is 1.64. The first kappa shape index (κ1) is 16.5. The molecule has 1 atom stereocenters. The fourth-order valence-corrected chi connectivity index (χ4v) is 2.87. The quantitative estimate of drug-likeness (QED) is 0.756. The lowest BCUT2D eigenvalue weighted by molar-refractivity contribution is -0.133. The Morgan fingerprint density at radius 1 is 1.63 bits per heavy atom. The number of methoxy groups -OCH3 is 1. The summed E-state index contributed by atoms with van der Waals surface area (Å²) in [6, 6.07) is 3.61. The second-order valence-electron chi connectivity index (χ2n) is 4.22. The van der Waals surface area contributed by atoms with Crippen molar-refractivity contribution in [2.45, 2.75) is 19.0 Å².